The Morgan fingerprint density at radius 2 is 1.89 bits per heavy atom. The lowest BCUT2D eigenvalue weighted by molar-refractivity contribution is 0.685. The summed E-state index contributed by atoms with van der Waals surface area (Å²) in [5.74, 6) is 0.882. The topological polar surface area (TPSA) is 36.4 Å². The van der Waals surface area contributed by atoms with Crippen LogP contribution in [0.5, 0.6) is 0 Å². The second-order valence-electron chi connectivity index (χ2n) is 4.39. The zero-order valence-electron chi connectivity index (χ0n) is 11.4. The molecule has 0 aromatic heterocycles. The van der Waals surface area contributed by atoms with Gasteiger partial charge in [-0.3, -0.25) is 4.99 Å². The van der Waals surface area contributed by atoms with E-state index in [2.05, 4.69) is 59.8 Å². The van der Waals surface area contributed by atoms with Crippen LogP contribution in [0.2, 0.25) is 0 Å². The maximum atomic E-state index is 4.17. The minimum Gasteiger partial charge on any atom is -0.356 e. The molecule has 0 heterocycles. The van der Waals surface area contributed by atoms with Crippen molar-refractivity contribution in [3.8, 4) is 0 Å². The fraction of sp³-hybridized carbons (Fsp3) is 0.500. The van der Waals surface area contributed by atoms with Crippen molar-refractivity contribution in [2.75, 3.05) is 13.6 Å². The highest BCUT2D eigenvalue weighted by Gasteiger charge is 1.98. The van der Waals surface area contributed by atoms with E-state index in [1.165, 1.54) is 5.56 Å². The number of guanidine groups is 1. The van der Waals surface area contributed by atoms with Crippen molar-refractivity contribution in [3.05, 3.63) is 35.9 Å². The van der Waals surface area contributed by atoms with Gasteiger partial charge in [-0.2, -0.15) is 0 Å². The molecule has 0 radical (unpaired) electrons. The van der Waals surface area contributed by atoms with Gasteiger partial charge in [-0.1, -0.05) is 30.3 Å². The predicted octanol–water partition coefficient (Wildman–Crippen LogP) is 2.81. The van der Waals surface area contributed by atoms with Gasteiger partial charge in [0.05, 0.1) is 0 Å². The lowest BCUT2D eigenvalue weighted by Gasteiger charge is -2.14. The van der Waals surface area contributed by atoms with E-state index in [0.29, 0.717) is 6.04 Å². The molecule has 3 nitrogen and oxygen atoms in total. The summed E-state index contributed by atoms with van der Waals surface area (Å²) in [7, 11) is 1.80. The van der Waals surface area contributed by atoms with Crippen molar-refractivity contribution in [3.63, 3.8) is 0 Å². The van der Waals surface area contributed by atoms with Crippen molar-refractivity contribution >= 4 is 29.9 Å². The third kappa shape index (κ3) is 7.53. The van der Waals surface area contributed by atoms with E-state index in [9.17, 15) is 0 Å². The van der Waals surface area contributed by atoms with Crippen molar-refractivity contribution in [2.45, 2.75) is 32.7 Å². The van der Waals surface area contributed by atoms with Crippen LogP contribution in [0.25, 0.3) is 0 Å². The fourth-order valence-corrected chi connectivity index (χ4v) is 1.61. The average molecular weight is 361 g/mol. The van der Waals surface area contributed by atoms with Gasteiger partial charge in [-0.25, -0.2) is 0 Å². The van der Waals surface area contributed by atoms with Gasteiger partial charge >= 0.3 is 0 Å². The average Bonchev–Trinajstić information content (AvgIpc) is 2.34. The summed E-state index contributed by atoms with van der Waals surface area (Å²) in [6.45, 7) is 5.16. The van der Waals surface area contributed by atoms with E-state index in [-0.39, 0.29) is 24.0 Å². The number of benzene rings is 1. The first kappa shape index (κ1) is 17.2. The van der Waals surface area contributed by atoms with Crippen molar-refractivity contribution < 1.29 is 0 Å². The predicted molar refractivity (Wildman–Crippen MR) is 89.8 cm³/mol. The molecule has 2 N–H and O–H groups in total. The Balaban J connectivity index is 0.00000289. The van der Waals surface area contributed by atoms with E-state index in [0.717, 1.165) is 25.3 Å². The van der Waals surface area contributed by atoms with Crippen LogP contribution in [0.15, 0.2) is 35.3 Å². The molecule has 0 spiro atoms. The molecule has 102 valence electrons. The molecule has 0 bridgehead atoms. The van der Waals surface area contributed by atoms with Crippen LogP contribution in [0.1, 0.15) is 25.8 Å². The molecule has 1 aromatic carbocycles. The summed E-state index contributed by atoms with van der Waals surface area (Å²) < 4.78 is 0. The molecule has 0 aliphatic rings. The van der Waals surface area contributed by atoms with Crippen LogP contribution in [0.4, 0.5) is 0 Å². The van der Waals surface area contributed by atoms with Gasteiger partial charge in [0.2, 0.25) is 0 Å². The largest absolute Gasteiger partial charge is 0.356 e. The zero-order valence-corrected chi connectivity index (χ0v) is 13.8. The van der Waals surface area contributed by atoms with Crippen molar-refractivity contribution in [2.24, 2.45) is 4.99 Å². The number of rotatable bonds is 5. The highest BCUT2D eigenvalue weighted by Crippen LogP contribution is 2.01. The first-order valence-electron chi connectivity index (χ1n) is 6.23. The van der Waals surface area contributed by atoms with E-state index >= 15 is 0 Å². The first-order valence-corrected chi connectivity index (χ1v) is 6.23. The second-order valence-corrected chi connectivity index (χ2v) is 4.39. The molecular formula is C14H24IN3. The van der Waals surface area contributed by atoms with Crippen LogP contribution in [0, 0.1) is 0 Å². The van der Waals surface area contributed by atoms with Crippen LogP contribution in [-0.4, -0.2) is 25.6 Å². The standard InChI is InChI=1S/C14H23N3.HI/c1-12(2)17-14(15-3)16-11-7-10-13-8-5-4-6-9-13;/h4-6,8-9,12H,7,10-11H2,1-3H3,(H2,15,16,17);1H. The van der Waals surface area contributed by atoms with Gasteiger partial charge in [-0.15, -0.1) is 24.0 Å². The van der Waals surface area contributed by atoms with Gasteiger partial charge in [0.15, 0.2) is 5.96 Å². The van der Waals surface area contributed by atoms with Crippen LogP contribution >= 0.6 is 24.0 Å². The number of hydrogen-bond acceptors (Lipinski definition) is 1. The molecule has 0 amide bonds. The van der Waals surface area contributed by atoms with Crippen molar-refractivity contribution in [1.82, 2.24) is 10.6 Å². The Labute approximate surface area is 127 Å². The number of aryl methyl sites for hydroxylation is 1. The Bertz CT molecular complexity index is 336. The molecule has 0 aliphatic heterocycles. The Kier molecular flexibility index (Phi) is 9.73. The maximum Gasteiger partial charge on any atom is 0.191 e. The molecule has 0 unspecified atom stereocenters. The molecule has 0 fully saturated rings. The zero-order chi connectivity index (χ0) is 12.5. The number of hydrogen-bond donors (Lipinski definition) is 2. The van der Waals surface area contributed by atoms with E-state index in [1.807, 2.05) is 0 Å². The normalized spacial score (nSPS) is 11.0. The SMILES string of the molecule is CN=C(NCCCc1ccccc1)NC(C)C.I. The smallest absolute Gasteiger partial charge is 0.191 e. The lowest BCUT2D eigenvalue weighted by atomic mass is 10.1. The van der Waals surface area contributed by atoms with Gasteiger partial charge in [-0.05, 0) is 32.3 Å². The monoisotopic (exact) mass is 361 g/mol. The quantitative estimate of drug-likeness (QED) is 0.366. The third-order valence-electron chi connectivity index (χ3n) is 2.43. The molecule has 0 atom stereocenters. The number of nitrogens with one attached hydrogen (secondary N) is 2. The molecule has 0 saturated carbocycles. The molecule has 1 rings (SSSR count). The van der Waals surface area contributed by atoms with Crippen LogP contribution in [0.3, 0.4) is 0 Å². The van der Waals surface area contributed by atoms with Gasteiger partial charge in [0.25, 0.3) is 0 Å². The van der Waals surface area contributed by atoms with Gasteiger partial charge in [0.1, 0.15) is 0 Å². The Hall–Kier alpha value is -0.780. The van der Waals surface area contributed by atoms with Gasteiger partial charge in [0, 0.05) is 19.6 Å². The highest BCUT2D eigenvalue weighted by atomic mass is 127. The first-order chi connectivity index (χ1) is 8.22. The molecular weight excluding hydrogens is 337 g/mol. The lowest BCUT2D eigenvalue weighted by Crippen LogP contribution is -2.41. The molecule has 4 heteroatoms. The second kappa shape index (κ2) is 10.2. The maximum absolute atomic E-state index is 4.17. The van der Waals surface area contributed by atoms with E-state index in [4.69, 9.17) is 0 Å². The summed E-state index contributed by atoms with van der Waals surface area (Å²) in [4.78, 5) is 4.17. The molecule has 1 aromatic rings. The summed E-state index contributed by atoms with van der Waals surface area (Å²) in [6.07, 6.45) is 2.22. The van der Waals surface area contributed by atoms with Crippen LogP contribution in [-0.2, 0) is 6.42 Å². The number of nitrogens with zero attached hydrogens (tertiary/aromatic N) is 1. The highest BCUT2D eigenvalue weighted by molar-refractivity contribution is 14.0. The third-order valence-corrected chi connectivity index (χ3v) is 2.43. The minimum absolute atomic E-state index is 0. The fourth-order valence-electron chi connectivity index (χ4n) is 1.61. The van der Waals surface area contributed by atoms with E-state index in [1.54, 1.807) is 7.05 Å². The molecule has 0 saturated heterocycles. The number of aliphatic imine (C=N–C) groups is 1. The molecule has 18 heavy (non-hydrogen) atoms. The van der Waals surface area contributed by atoms with E-state index < -0.39 is 0 Å². The van der Waals surface area contributed by atoms with Crippen LogP contribution < -0.4 is 10.6 Å². The minimum atomic E-state index is 0. The summed E-state index contributed by atoms with van der Waals surface area (Å²) in [5, 5.41) is 6.58. The Morgan fingerprint density at radius 3 is 2.44 bits per heavy atom. The van der Waals surface area contributed by atoms with Gasteiger partial charge < -0.3 is 10.6 Å². The number of halogens is 1. The molecule has 0 aliphatic carbocycles. The van der Waals surface area contributed by atoms with Crippen molar-refractivity contribution in [1.29, 1.82) is 0 Å². The summed E-state index contributed by atoms with van der Waals surface area (Å²) in [6, 6.07) is 11.0. The Morgan fingerprint density at radius 1 is 1.22 bits per heavy atom. The summed E-state index contributed by atoms with van der Waals surface area (Å²) in [5.41, 5.74) is 1.39. The summed E-state index contributed by atoms with van der Waals surface area (Å²) >= 11 is 0.